The fourth-order valence-corrected chi connectivity index (χ4v) is 1.61. The highest BCUT2D eigenvalue weighted by atomic mass is 19.1. The van der Waals surface area contributed by atoms with Crippen LogP contribution in [0.5, 0.6) is 0 Å². The van der Waals surface area contributed by atoms with E-state index >= 15 is 0 Å². The lowest BCUT2D eigenvalue weighted by atomic mass is 9.86. The second kappa shape index (κ2) is 4.86. The van der Waals surface area contributed by atoms with Gasteiger partial charge >= 0.3 is 0 Å². The predicted octanol–water partition coefficient (Wildman–Crippen LogP) is 2.75. The maximum Gasteiger partial charge on any atom is 0.226 e. The summed E-state index contributed by atoms with van der Waals surface area (Å²) < 4.78 is 13.9. The first-order valence-corrected chi connectivity index (χ1v) is 5.71. The molecule has 0 aliphatic carbocycles. The smallest absolute Gasteiger partial charge is 0.226 e. The van der Waals surface area contributed by atoms with Gasteiger partial charge in [-0.3, -0.25) is 4.79 Å². The van der Waals surface area contributed by atoms with Gasteiger partial charge in [0.05, 0.1) is 6.42 Å². The quantitative estimate of drug-likeness (QED) is 0.774. The third kappa shape index (κ3) is 3.55. The van der Waals surface area contributed by atoms with Gasteiger partial charge in [0.1, 0.15) is 5.82 Å². The van der Waals surface area contributed by atoms with Crippen molar-refractivity contribution in [1.82, 2.24) is 4.90 Å². The third-order valence-corrected chi connectivity index (χ3v) is 2.70. The van der Waals surface area contributed by atoms with Crippen molar-refractivity contribution < 1.29 is 9.18 Å². The largest absolute Gasteiger partial charge is 0.349 e. The number of likely N-dealkylation sites (N-methyl/N-ethyl adjacent to an activating group) is 1. The van der Waals surface area contributed by atoms with Crippen LogP contribution in [0.3, 0.4) is 0 Å². The molecule has 0 N–H and O–H groups in total. The van der Waals surface area contributed by atoms with Crippen LogP contribution >= 0.6 is 0 Å². The first kappa shape index (κ1) is 13.7. The number of carbonyl (C=O) groups excluding carboxylic acids is 1. The highest BCUT2D eigenvalue weighted by Gasteiger charge is 2.18. The molecule has 0 aliphatic rings. The van der Waals surface area contributed by atoms with E-state index in [4.69, 9.17) is 0 Å². The first-order chi connectivity index (χ1) is 7.71. The lowest BCUT2D eigenvalue weighted by molar-refractivity contribution is -0.127. The van der Waals surface area contributed by atoms with Crippen LogP contribution < -0.4 is 0 Å². The van der Waals surface area contributed by atoms with Crippen molar-refractivity contribution in [3.63, 3.8) is 0 Å². The number of rotatable bonds is 2. The predicted molar refractivity (Wildman–Crippen MR) is 67.5 cm³/mol. The molecular formula is C14H20FNO. The van der Waals surface area contributed by atoms with Crippen molar-refractivity contribution in [2.45, 2.75) is 32.6 Å². The number of halogens is 1. The minimum absolute atomic E-state index is 0.0205. The van der Waals surface area contributed by atoms with E-state index in [-0.39, 0.29) is 23.6 Å². The number of hydrogen-bond donors (Lipinski definition) is 0. The Morgan fingerprint density at radius 3 is 2.29 bits per heavy atom. The SMILES string of the molecule is CN(C)C(=O)Cc1ccc(C(C)(C)C)c(F)c1. The molecule has 0 unspecified atom stereocenters. The Hall–Kier alpha value is -1.38. The van der Waals surface area contributed by atoms with Gasteiger partial charge in [0.15, 0.2) is 0 Å². The van der Waals surface area contributed by atoms with E-state index in [0.29, 0.717) is 11.1 Å². The van der Waals surface area contributed by atoms with E-state index in [1.54, 1.807) is 20.2 Å². The molecule has 0 radical (unpaired) electrons. The van der Waals surface area contributed by atoms with Crippen molar-refractivity contribution in [2.24, 2.45) is 0 Å². The number of nitrogens with zero attached hydrogens (tertiary/aromatic N) is 1. The average Bonchev–Trinajstić information content (AvgIpc) is 2.15. The van der Waals surface area contributed by atoms with Gasteiger partial charge in [-0.25, -0.2) is 4.39 Å². The molecule has 17 heavy (non-hydrogen) atoms. The molecule has 0 spiro atoms. The Labute approximate surface area is 102 Å². The molecule has 2 nitrogen and oxygen atoms in total. The summed E-state index contributed by atoms with van der Waals surface area (Å²) in [7, 11) is 3.39. The molecule has 0 bridgehead atoms. The van der Waals surface area contributed by atoms with Crippen molar-refractivity contribution in [1.29, 1.82) is 0 Å². The fraction of sp³-hybridized carbons (Fsp3) is 0.500. The zero-order valence-corrected chi connectivity index (χ0v) is 11.2. The Balaban J connectivity index is 2.94. The highest BCUT2D eigenvalue weighted by molar-refractivity contribution is 5.78. The maximum absolute atomic E-state index is 13.9. The van der Waals surface area contributed by atoms with Crippen LogP contribution in [0.2, 0.25) is 0 Å². The second-order valence-electron chi connectivity index (χ2n) is 5.53. The molecule has 94 valence electrons. The Morgan fingerprint density at radius 2 is 1.88 bits per heavy atom. The van der Waals surface area contributed by atoms with Crippen molar-refractivity contribution in [3.05, 3.63) is 35.1 Å². The van der Waals surface area contributed by atoms with Crippen LogP contribution in [-0.4, -0.2) is 24.9 Å². The highest BCUT2D eigenvalue weighted by Crippen LogP contribution is 2.25. The summed E-state index contributed by atoms with van der Waals surface area (Å²) in [6.45, 7) is 5.90. The zero-order valence-electron chi connectivity index (χ0n) is 11.2. The summed E-state index contributed by atoms with van der Waals surface area (Å²) in [4.78, 5) is 13.0. The monoisotopic (exact) mass is 237 g/mol. The molecule has 0 aliphatic heterocycles. The van der Waals surface area contributed by atoms with Gasteiger partial charge in [0.25, 0.3) is 0 Å². The van der Waals surface area contributed by atoms with E-state index < -0.39 is 0 Å². The summed E-state index contributed by atoms with van der Waals surface area (Å²) in [6, 6.07) is 5.06. The summed E-state index contributed by atoms with van der Waals surface area (Å²) in [5, 5.41) is 0. The van der Waals surface area contributed by atoms with E-state index in [2.05, 4.69) is 0 Å². The molecular weight excluding hydrogens is 217 g/mol. The van der Waals surface area contributed by atoms with Gasteiger partial charge in [-0.1, -0.05) is 32.9 Å². The van der Waals surface area contributed by atoms with Crippen LogP contribution in [-0.2, 0) is 16.6 Å². The van der Waals surface area contributed by atoms with E-state index in [1.165, 1.54) is 11.0 Å². The molecule has 0 heterocycles. The van der Waals surface area contributed by atoms with Crippen molar-refractivity contribution in [3.8, 4) is 0 Å². The van der Waals surface area contributed by atoms with Gasteiger partial charge in [0.2, 0.25) is 5.91 Å². The van der Waals surface area contributed by atoms with E-state index in [0.717, 1.165) is 0 Å². The molecule has 0 aromatic heterocycles. The maximum atomic E-state index is 13.9. The first-order valence-electron chi connectivity index (χ1n) is 5.71. The lowest BCUT2D eigenvalue weighted by Gasteiger charge is -2.20. The fourth-order valence-electron chi connectivity index (χ4n) is 1.61. The van der Waals surface area contributed by atoms with Gasteiger partial charge in [-0.2, -0.15) is 0 Å². The number of benzene rings is 1. The molecule has 1 rings (SSSR count). The number of carbonyl (C=O) groups is 1. The van der Waals surface area contributed by atoms with Crippen molar-refractivity contribution >= 4 is 5.91 Å². The minimum atomic E-state index is -0.235. The van der Waals surface area contributed by atoms with Crippen LogP contribution in [0.25, 0.3) is 0 Å². The van der Waals surface area contributed by atoms with Gasteiger partial charge in [0, 0.05) is 14.1 Å². The standard InChI is InChI=1S/C14H20FNO/c1-14(2,3)11-7-6-10(8-12(11)15)9-13(17)16(4)5/h6-8H,9H2,1-5H3. The molecule has 0 saturated heterocycles. The van der Waals surface area contributed by atoms with Crippen LogP contribution in [0.15, 0.2) is 18.2 Å². The summed E-state index contributed by atoms with van der Waals surface area (Å²) >= 11 is 0. The zero-order chi connectivity index (χ0) is 13.2. The third-order valence-electron chi connectivity index (χ3n) is 2.70. The molecule has 1 aromatic rings. The molecule has 1 amide bonds. The van der Waals surface area contributed by atoms with Crippen molar-refractivity contribution in [2.75, 3.05) is 14.1 Å². The molecule has 3 heteroatoms. The lowest BCUT2D eigenvalue weighted by Crippen LogP contribution is -2.23. The summed E-state index contributed by atoms with van der Waals surface area (Å²) in [5.74, 6) is -0.255. The molecule has 1 aromatic carbocycles. The van der Waals surface area contributed by atoms with Gasteiger partial charge < -0.3 is 4.90 Å². The molecule has 0 fully saturated rings. The van der Waals surface area contributed by atoms with Crippen LogP contribution in [0.4, 0.5) is 4.39 Å². The normalized spacial score (nSPS) is 11.4. The Bertz CT molecular complexity index is 419. The van der Waals surface area contributed by atoms with Crippen LogP contribution in [0, 0.1) is 5.82 Å². The average molecular weight is 237 g/mol. The molecule has 0 atom stereocenters. The van der Waals surface area contributed by atoms with Gasteiger partial charge in [-0.15, -0.1) is 0 Å². The van der Waals surface area contributed by atoms with E-state index in [9.17, 15) is 9.18 Å². The summed E-state index contributed by atoms with van der Waals surface area (Å²) in [6.07, 6.45) is 0.244. The van der Waals surface area contributed by atoms with Crippen LogP contribution in [0.1, 0.15) is 31.9 Å². The Morgan fingerprint density at radius 1 is 1.29 bits per heavy atom. The minimum Gasteiger partial charge on any atom is -0.349 e. The Kier molecular flexibility index (Phi) is 3.91. The second-order valence-corrected chi connectivity index (χ2v) is 5.53. The number of hydrogen-bond acceptors (Lipinski definition) is 1. The number of amides is 1. The topological polar surface area (TPSA) is 20.3 Å². The molecule has 0 saturated carbocycles. The summed E-state index contributed by atoms with van der Waals surface area (Å²) in [5.41, 5.74) is 1.18. The van der Waals surface area contributed by atoms with Gasteiger partial charge in [-0.05, 0) is 22.6 Å². The van der Waals surface area contributed by atoms with E-state index in [1.807, 2.05) is 26.8 Å².